The molecule has 0 fully saturated rings. The Morgan fingerprint density at radius 3 is 2.32 bits per heavy atom. The molecule has 19 heavy (non-hydrogen) atoms. The van der Waals surface area contributed by atoms with E-state index in [0.717, 1.165) is 17.3 Å². The lowest BCUT2D eigenvalue weighted by Gasteiger charge is -2.22. The molecule has 6 heteroatoms. The maximum atomic E-state index is 13.7. The Morgan fingerprint density at radius 2 is 1.58 bits per heavy atom. The molecule has 1 aliphatic heterocycles. The highest BCUT2D eigenvalue weighted by molar-refractivity contribution is 7.99. The fourth-order valence-electron chi connectivity index (χ4n) is 1.82. The van der Waals surface area contributed by atoms with Crippen LogP contribution in [0.15, 0.2) is 28.0 Å². The summed E-state index contributed by atoms with van der Waals surface area (Å²) >= 11 is 0.826. The number of aryl methyl sites for hydroxylation is 1. The van der Waals surface area contributed by atoms with E-state index < -0.39 is 29.0 Å². The predicted molar refractivity (Wildman–Crippen MR) is 61.6 cm³/mol. The number of hydrogen-bond donors (Lipinski definition) is 0. The highest BCUT2D eigenvalue weighted by atomic mass is 32.2. The van der Waals surface area contributed by atoms with Gasteiger partial charge >= 0.3 is 0 Å². The van der Waals surface area contributed by atoms with Gasteiger partial charge in [-0.3, -0.25) is 0 Å². The van der Waals surface area contributed by atoms with Crippen molar-refractivity contribution >= 4 is 11.8 Å². The van der Waals surface area contributed by atoms with Crippen LogP contribution in [0.3, 0.4) is 0 Å². The molecule has 3 rings (SSSR count). The molecule has 0 unspecified atom stereocenters. The SMILES string of the molecule is Cc1cccc2c1Sc1c(F)c(F)c(F)c(F)c1O2. The second-order valence-electron chi connectivity index (χ2n) is 4.02. The van der Waals surface area contributed by atoms with Crippen molar-refractivity contribution < 1.29 is 22.3 Å². The van der Waals surface area contributed by atoms with Crippen LogP contribution in [0, 0.1) is 30.2 Å². The molecule has 0 bridgehead atoms. The Labute approximate surface area is 110 Å². The zero-order chi connectivity index (χ0) is 13.7. The lowest BCUT2D eigenvalue weighted by Crippen LogP contribution is -2.06. The van der Waals surface area contributed by atoms with E-state index in [4.69, 9.17) is 4.74 Å². The summed E-state index contributed by atoms with van der Waals surface area (Å²) in [6.07, 6.45) is 0. The Balaban J connectivity index is 2.26. The van der Waals surface area contributed by atoms with Crippen molar-refractivity contribution in [1.82, 2.24) is 0 Å². The van der Waals surface area contributed by atoms with Gasteiger partial charge in [-0.2, -0.15) is 4.39 Å². The Hall–Kier alpha value is -1.69. The van der Waals surface area contributed by atoms with Gasteiger partial charge in [-0.15, -0.1) is 0 Å². The fourth-order valence-corrected chi connectivity index (χ4v) is 2.87. The summed E-state index contributed by atoms with van der Waals surface area (Å²) < 4.78 is 58.8. The predicted octanol–water partition coefficient (Wildman–Crippen LogP) is 4.81. The van der Waals surface area contributed by atoms with Crippen molar-refractivity contribution in [2.24, 2.45) is 0 Å². The summed E-state index contributed by atoms with van der Waals surface area (Å²) in [6.45, 7) is 1.76. The third-order valence-electron chi connectivity index (χ3n) is 2.77. The maximum absolute atomic E-state index is 13.7. The van der Waals surface area contributed by atoms with E-state index in [1.165, 1.54) is 0 Å². The first kappa shape index (κ1) is 12.3. The third kappa shape index (κ3) is 1.70. The van der Waals surface area contributed by atoms with Gasteiger partial charge in [0.05, 0.1) is 9.79 Å². The summed E-state index contributed by atoms with van der Waals surface area (Å²) in [6, 6.07) is 4.99. The Kier molecular flexibility index (Phi) is 2.70. The molecule has 0 N–H and O–H groups in total. The van der Waals surface area contributed by atoms with Gasteiger partial charge in [-0.25, -0.2) is 13.2 Å². The fraction of sp³-hybridized carbons (Fsp3) is 0.0769. The first-order chi connectivity index (χ1) is 9.00. The van der Waals surface area contributed by atoms with Crippen LogP contribution in [-0.4, -0.2) is 0 Å². The van der Waals surface area contributed by atoms with E-state index in [0.29, 0.717) is 10.6 Å². The molecule has 0 atom stereocenters. The zero-order valence-corrected chi connectivity index (χ0v) is 10.4. The van der Waals surface area contributed by atoms with Crippen molar-refractivity contribution in [3.63, 3.8) is 0 Å². The third-order valence-corrected chi connectivity index (χ3v) is 4.07. The van der Waals surface area contributed by atoms with Crippen molar-refractivity contribution in [3.8, 4) is 11.5 Å². The van der Waals surface area contributed by atoms with Gasteiger partial charge in [-0.1, -0.05) is 23.9 Å². The van der Waals surface area contributed by atoms with Gasteiger partial charge < -0.3 is 4.74 Å². The van der Waals surface area contributed by atoms with Gasteiger partial charge in [0.1, 0.15) is 5.75 Å². The number of hydrogen-bond acceptors (Lipinski definition) is 2. The molecule has 0 aromatic heterocycles. The molecule has 2 aromatic rings. The van der Waals surface area contributed by atoms with Crippen molar-refractivity contribution in [3.05, 3.63) is 47.0 Å². The second kappa shape index (κ2) is 4.16. The lowest BCUT2D eigenvalue weighted by molar-refractivity contribution is 0.349. The molecule has 2 aromatic carbocycles. The first-order valence-corrected chi connectivity index (χ1v) is 6.13. The maximum Gasteiger partial charge on any atom is 0.205 e. The van der Waals surface area contributed by atoms with Crippen molar-refractivity contribution in [2.75, 3.05) is 0 Å². The van der Waals surface area contributed by atoms with Crippen LogP contribution < -0.4 is 4.74 Å². The van der Waals surface area contributed by atoms with Gasteiger partial charge in [0.25, 0.3) is 0 Å². The van der Waals surface area contributed by atoms with E-state index >= 15 is 0 Å². The van der Waals surface area contributed by atoms with Gasteiger partial charge in [0.15, 0.2) is 17.4 Å². The van der Waals surface area contributed by atoms with Crippen LogP contribution in [0.25, 0.3) is 0 Å². The molecule has 1 heterocycles. The molecule has 0 saturated heterocycles. The Bertz CT molecular complexity index is 700. The van der Waals surface area contributed by atoms with E-state index in [-0.39, 0.29) is 4.90 Å². The number of rotatable bonds is 0. The second-order valence-corrected chi connectivity index (χ2v) is 5.04. The summed E-state index contributed by atoms with van der Waals surface area (Å²) in [5.41, 5.74) is 0.776. The van der Waals surface area contributed by atoms with Gasteiger partial charge in [0.2, 0.25) is 11.6 Å². The first-order valence-electron chi connectivity index (χ1n) is 5.32. The van der Waals surface area contributed by atoms with Crippen LogP contribution in [0.4, 0.5) is 17.6 Å². The van der Waals surface area contributed by atoms with Crippen LogP contribution >= 0.6 is 11.8 Å². The standard InChI is InChI=1S/C13H6F4OS/c1-5-3-2-4-6-12(5)19-13-10(17)8(15)7(14)9(16)11(13)18-6/h2-4H,1H3. The van der Waals surface area contributed by atoms with Crippen LogP contribution in [0.2, 0.25) is 0 Å². The Morgan fingerprint density at radius 1 is 0.895 bits per heavy atom. The van der Waals surface area contributed by atoms with Crippen molar-refractivity contribution in [2.45, 2.75) is 16.7 Å². The molecule has 1 aliphatic rings. The monoisotopic (exact) mass is 286 g/mol. The van der Waals surface area contributed by atoms with E-state index in [9.17, 15) is 17.6 Å². The number of benzene rings is 2. The lowest BCUT2D eigenvalue weighted by atomic mass is 10.2. The largest absolute Gasteiger partial charge is 0.452 e. The summed E-state index contributed by atoms with van der Waals surface area (Å²) in [5, 5.41) is 0. The zero-order valence-electron chi connectivity index (χ0n) is 9.56. The van der Waals surface area contributed by atoms with Crippen LogP contribution in [0.5, 0.6) is 11.5 Å². The summed E-state index contributed by atoms with van der Waals surface area (Å²) in [4.78, 5) is 0.178. The molecular weight excluding hydrogens is 280 g/mol. The highest BCUT2D eigenvalue weighted by Crippen LogP contribution is 2.51. The van der Waals surface area contributed by atoms with Crippen LogP contribution in [-0.2, 0) is 0 Å². The minimum absolute atomic E-state index is 0.293. The molecule has 0 aliphatic carbocycles. The van der Waals surface area contributed by atoms with E-state index in [1.54, 1.807) is 25.1 Å². The van der Waals surface area contributed by atoms with E-state index in [1.807, 2.05) is 0 Å². The van der Waals surface area contributed by atoms with Crippen molar-refractivity contribution in [1.29, 1.82) is 0 Å². The number of halogens is 4. The average molecular weight is 286 g/mol. The quantitative estimate of drug-likeness (QED) is 0.333. The van der Waals surface area contributed by atoms with Crippen LogP contribution in [0.1, 0.15) is 5.56 Å². The normalized spacial score (nSPS) is 12.7. The minimum atomic E-state index is -1.87. The molecule has 98 valence electrons. The molecular formula is C13H6F4OS. The molecule has 0 radical (unpaired) electrons. The number of fused-ring (bicyclic) bond motifs is 2. The molecule has 0 amide bonds. The van der Waals surface area contributed by atoms with Gasteiger partial charge in [0, 0.05) is 0 Å². The van der Waals surface area contributed by atoms with E-state index in [2.05, 4.69) is 0 Å². The molecule has 1 nitrogen and oxygen atoms in total. The molecule has 0 spiro atoms. The average Bonchev–Trinajstić information content (AvgIpc) is 2.42. The molecule has 0 saturated carbocycles. The topological polar surface area (TPSA) is 9.23 Å². The summed E-state index contributed by atoms with van der Waals surface area (Å²) in [7, 11) is 0. The van der Waals surface area contributed by atoms with Gasteiger partial charge in [-0.05, 0) is 18.6 Å². The smallest absolute Gasteiger partial charge is 0.205 e. The number of ether oxygens (including phenoxy) is 1. The summed E-state index contributed by atoms with van der Waals surface area (Å²) in [5.74, 6) is -6.97. The highest BCUT2D eigenvalue weighted by Gasteiger charge is 2.31. The minimum Gasteiger partial charge on any atom is -0.452 e.